The molecule has 0 fully saturated rings. The third-order valence-electron chi connectivity index (χ3n) is 3.70. The summed E-state index contributed by atoms with van der Waals surface area (Å²) < 4.78 is 5.39. The summed E-state index contributed by atoms with van der Waals surface area (Å²) in [5.41, 5.74) is 5.60. The summed E-state index contributed by atoms with van der Waals surface area (Å²) in [5.74, 6) is 0.449. The highest BCUT2D eigenvalue weighted by molar-refractivity contribution is 6.13. The molecule has 1 N–H and O–H groups in total. The Morgan fingerprint density at radius 1 is 0.923 bits per heavy atom. The first-order valence-electron chi connectivity index (χ1n) is 8.34. The van der Waals surface area contributed by atoms with Gasteiger partial charge in [0, 0.05) is 29.1 Å². The highest BCUT2D eigenvalue weighted by Gasteiger charge is 2.09. The Morgan fingerprint density at radius 3 is 2.23 bits per heavy atom. The number of carbonyl (C=O) groups excluding carboxylic acids is 1. The molecule has 130 valence electrons. The van der Waals surface area contributed by atoms with Crippen molar-refractivity contribution < 1.29 is 9.53 Å². The van der Waals surface area contributed by atoms with E-state index in [1.54, 1.807) is 36.7 Å². The van der Waals surface area contributed by atoms with Crippen LogP contribution in [0.25, 0.3) is 0 Å². The Morgan fingerprint density at radius 2 is 1.58 bits per heavy atom. The van der Waals surface area contributed by atoms with Crippen molar-refractivity contribution in [2.75, 3.05) is 6.61 Å². The zero-order chi connectivity index (χ0) is 18.2. The summed E-state index contributed by atoms with van der Waals surface area (Å²) in [7, 11) is 0. The van der Waals surface area contributed by atoms with Crippen LogP contribution in [0.2, 0.25) is 0 Å². The Balaban J connectivity index is 1.83. The van der Waals surface area contributed by atoms with Gasteiger partial charge in [0.1, 0.15) is 5.75 Å². The first-order chi connectivity index (χ1) is 12.8. The molecule has 0 atom stereocenters. The molecule has 3 rings (SSSR count). The van der Waals surface area contributed by atoms with E-state index in [1.807, 2.05) is 49.4 Å². The maximum absolute atomic E-state index is 12.4. The van der Waals surface area contributed by atoms with Gasteiger partial charge in [0.25, 0.3) is 5.91 Å². The van der Waals surface area contributed by atoms with Crippen LogP contribution in [0.4, 0.5) is 0 Å². The maximum Gasteiger partial charge on any atom is 0.271 e. The van der Waals surface area contributed by atoms with E-state index in [0.717, 1.165) is 16.9 Å². The van der Waals surface area contributed by atoms with Crippen LogP contribution in [-0.4, -0.2) is 23.2 Å². The highest BCUT2D eigenvalue weighted by atomic mass is 16.5. The van der Waals surface area contributed by atoms with Gasteiger partial charge in [-0.25, -0.2) is 5.43 Å². The third kappa shape index (κ3) is 4.33. The van der Waals surface area contributed by atoms with E-state index >= 15 is 0 Å². The molecule has 0 saturated carbocycles. The van der Waals surface area contributed by atoms with Gasteiger partial charge < -0.3 is 4.74 Å². The molecule has 1 heterocycles. The van der Waals surface area contributed by atoms with Gasteiger partial charge in [-0.2, -0.15) is 5.10 Å². The fourth-order valence-corrected chi connectivity index (χ4v) is 2.44. The van der Waals surface area contributed by atoms with Gasteiger partial charge in [-0.15, -0.1) is 0 Å². The molecule has 0 aliphatic heterocycles. The SMILES string of the molecule is CCOc1ccc(C(=O)N/N=C(\c2ccccc2)c2ccncc2)cc1. The lowest BCUT2D eigenvalue weighted by Crippen LogP contribution is -2.20. The van der Waals surface area contributed by atoms with E-state index in [4.69, 9.17) is 4.74 Å². The fraction of sp³-hybridized carbons (Fsp3) is 0.0952. The van der Waals surface area contributed by atoms with Crippen molar-refractivity contribution in [3.05, 3.63) is 95.8 Å². The number of ether oxygens (including phenoxy) is 1. The number of pyridine rings is 1. The van der Waals surface area contributed by atoms with Gasteiger partial charge in [-0.3, -0.25) is 9.78 Å². The van der Waals surface area contributed by atoms with Crippen molar-refractivity contribution >= 4 is 11.6 Å². The normalized spacial score (nSPS) is 11.0. The lowest BCUT2D eigenvalue weighted by Gasteiger charge is -2.08. The van der Waals surface area contributed by atoms with E-state index in [9.17, 15) is 4.79 Å². The number of aromatic nitrogens is 1. The van der Waals surface area contributed by atoms with E-state index < -0.39 is 0 Å². The molecule has 1 amide bonds. The Kier molecular flexibility index (Phi) is 5.72. The zero-order valence-electron chi connectivity index (χ0n) is 14.4. The second-order valence-corrected chi connectivity index (χ2v) is 5.46. The number of carbonyl (C=O) groups is 1. The molecule has 0 aliphatic rings. The predicted octanol–water partition coefficient (Wildman–Crippen LogP) is 3.66. The molecule has 5 nitrogen and oxygen atoms in total. The second kappa shape index (κ2) is 8.58. The topological polar surface area (TPSA) is 63.6 Å². The molecule has 3 aromatic rings. The molecular weight excluding hydrogens is 326 g/mol. The number of nitrogens with one attached hydrogen (secondary N) is 1. The first kappa shape index (κ1) is 17.4. The van der Waals surface area contributed by atoms with Crippen molar-refractivity contribution in [3.8, 4) is 5.75 Å². The van der Waals surface area contributed by atoms with E-state index in [1.165, 1.54) is 0 Å². The van der Waals surface area contributed by atoms with Crippen molar-refractivity contribution in [1.29, 1.82) is 0 Å². The predicted molar refractivity (Wildman–Crippen MR) is 101 cm³/mol. The van der Waals surface area contributed by atoms with Crippen molar-refractivity contribution in [2.45, 2.75) is 6.92 Å². The van der Waals surface area contributed by atoms with E-state index in [2.05, 4.69) is 15.5 Å². The quantitative estimate of drug-likeness (QED) is 0.548. The standard InChI is InChI=1S/C21H19N3O2/c1-2-26-19-10-8-18(9-11-19)21(25)24-23-20(16-6-4-3-5-7-16)17-12-14-22-15-13-17/h3-15H,2H2,1H3,(H,24,25)/b23-20+. The molecule has 0 saturated heterocycles. The number of hydrogen-bond acceptors (Lipinski definition) is 4. The van der Waals surface area contributed by atoms with Gasteiger partial charge in [-0.05, 0) is 43.3 Å². The average Bonchev–Trinajstić information content (AvgIpc) is 2.70. The minimum atomic E-state index is -0.282. The number of benzene rings is 2. The largest absolute Gasteiger partial charge is 0.494 e. The Hall–Kier alpha value is -3.47. The third-order valence-corrected chi connectivity index (χ3v) is 3.70. The minimum absolute atomic E-state index is 0.282. The van der Waals surface area contributed by atoms with Gasteiger partial charge >= 0.3 is 0 Å². The summed E-state index contributed by atoms with van der Waals surface area (Å²) in [4.78, 5) is 16.4. The lowest BCUT2D eigenvalue weighted by molar-refractivity contribution is 0.0955. The smallest absolute Gasteiger partial charge is 0.271 e. The summed E-state index contributed by atoms with van der Waals surface area (Å²) in [5, 5.41) is 4.36. The molecular formula is C21H19N3O2. The summed E-state index contributed by atoms with van der Waals surface area (Å²) >= 11 is 0. The first-order valence-corrected chi connectivity index (χ1v) is 8.34. The monoisotopic (exact) mass is 345 g/mol. The van der Waals surface area contributed by atoms with Crippen LogP contribution >= 0.6 is 0 Å². The van der Waals surface area contributed by atoms with Gasteiger partial charge in [0.2, 0.25) is 0 Å². The van der Waals surface area contributed by atoms with Crippen LogP contribution in [0.5, 0.6) is 5.75 Å². The Labute approximate surface area is 152 Å². The molecule has 26 heavy (non-hydrogen) atoms. The van der Waals surface area contributed by atoms with Crippen LogP contribution < -0.4 is 10.2 Å². The number of hydrogen-bond donors (Lipinski definition) is 1. The maximum atomic E-state index is 12.4. The zero-order valence-corrected chi connectivity index (χ0v) is 14.4. The molecule has 1 aromatic heterocycles. The minimum Gasteiger partial charge on any atom is -0.494 e. The van der Waals surface area contributed by atoms with E-state index in [-0.39, 0.29) is 5.91 Å². The van der Waals surface area contributed by atoms with Crippen LogP contribution in [0.15, 0.2) is 84.2 Å². The van der Waals surface area contributed by atoms with Crippen LogP contribution in [0.3, 0.4) is 0 Å². The summed E-state index contributed by atoms with van der Waals surface area (Å²) in [6.07, 6.45) is 3.39. The molecule has 0 radical (unpaired) electrons. The molecule has 0 spiro atoms. The molecule has 5 heteroatoms. The van der Waals surface area contributed by atoms with Gasteiger partial charge in [0.05, 0.1) is 12.3 Å². The van der Waals surface area contributed by atoms with Gasteiger partial charge in [0.15, 0.2) is 0 Å². The van der Waals surface area contributed by atoms with Crippen LogP contribution in [0, 0.1) is 0 Å². The van der Waals surface area contributed by atoms with Gasteiger partial charge in [-0.1, -0.05) is 30.3 Å². The number of amides is 1. The number of rotatable bonds is 6. The summed E-state index contributed by atoms with van der Waals surface area (Å²) in [6.45, 7) is 2.50. The van der Waals surface area contributed by atoms with Crippen molar-refractivity contribution in [3.63, 3.8) is 0 Å². The number of hydrazone groups is 1. The average molecular weight is 345 g/mol. The van der Waals surface area contributed by atoms with Crippen LogP contribution in [0.1, 0.15) is 28.4 Å². The molecule has 0 unspecified atom stereocenters. The lowest BCUT2D eigenvalue weighted by atomic mass is 10.0. The van der Waals surface area contributed by atoms with Crippen LogP contribution in [-0.2, 0) is 0 Å². The molecule has 0 aliphatic carbocycles. The summed E-state index contributed by atoms with van der Waals surface area (Å²) in [6, 6.07) is 20.4. The van der Waals surface area contributed by atoms with Crippen molar-refractivity contribution in [1.82, 2.24) is 10.4 Å². The molecule has 2 aromatic carbocycles. The highest BCUT2D eigenvalue weighted by Crippen LogP contribution is 2.13. The van der Waals surface area contributed by atoms with Crippen molar-refractivity contribution in [2.24, 2.45) is 5.10 Å². The second-order valence-electron chi connectivity index (χ2n) is 5.46. The Bertz CT molecular complexity index is 835. The molecule has 0 bridgehead atoms. The van der Waals surface area contributed by atoms with E-state index in [0.29, 0.717) is 17.9 Å². The fourth-order valence-electron chi connectivity index (χ4n) is 2.44. The number of nitrogens with zero attached hydrogens (tertiary/aromatic N) is 2.